The van der Waals surface area contributed by atoms with Crippen LogP contribution in [0.25, 0.3) is 5.65 Å². The minimum Gasteiger partial charge on any atom is -0.444 e. The molecular weight excluding hydrogens is 524 g/mol. The van der Waals surface area contributed by atoms with E-state index in [9.17, 15) is 9.59 Å². The highest BCUT2D eigenvalue weighted by molar-refractivity contribution is 5.82. The van der Waals surface area contributed by atoms with Gasteiger partial charge in [-0.05, 0) is 52.2 Å². The normalized spacial score (nSPS) is 14.7. The van der Waals surface area contributed by atoms with Crippen LogP contribution < -0.4 is 21.3 Å². The summed E-state index contributed by atoms with van der Waals surface area (Å²) in [6.45, 7) is 13.9. The Morgan fingerprint density at radius 1 is 1.15 bits per heavy atom. The predicted octanol–water partition coefficient (Wildman–Crippen LogP) is 2.77. The van der Waals surface area contributed by atoms with Crippen LogP contribution in [0.15, 0.2) is 18.5 Å². The molecule has 41 heavy (non-hydrogen) atoms. The summed E-state index contributed by atoms with van der Waals surface area (Å²) in [4.78, 5) is 42.0. The molecule has 4 N–H and O–H groups in total. The van der Waals surface area contributed by atoms with Crippen LogP contribution in [0.1, 0.15) is 64.3 Å². The average Bonchev–Trinajstić information content (AvgIpc) is 3.29. The van der Waals surface area contributed by atoms with Gasteiger partial charge in [-0.25, -0.2) is 19.3 Å². The van der Waals surface area contributed by atoms with Gasteiger partial charge in [-0.3, -0.25) is 4.79 Å². The molecule has 4 rings (SSSR count). The lowest BCUT2D eigenvalue weighted by Crippen LogP contribution is -2.51. The zero-order valence-electron chi connectivity index (χ0n) is 24.9. The summed E-state index contributed by atoms with van der Waals surface area (Å²) in [6.07, 6.45) is 5.71. The quantitative estimate of drug-likeness (QED) is 0.352. The third-order valence-electron chi connectivity index (χ3n) is 6.76. The fourth-order valence-corrected chi connectivity index (χ4v) is 4.86. The SMILES string of the molecule is CCC[C@H](C)Nc1nc(N)c2ncc(Cc3cnc(N4CCN(C(=O)CNC(=O)OC(C)(C)C)CC4)c(C)c3)n2n1. The zero-order valence-corrected chi connectivity index (χ0v) is 24.9. The number of piperazine rings is 1. The van der Waals surface area contributed by atoms with Gasteiger partial charge in [0, 0.05) is 44.8 Å². The van der Waals surface area contributed by atoms with Crippen LogP contribution in [0.4, 0.5) is 22.4 Å². The number of imidazole rings is 1. The van der Waals surface area contributed by atoms with E-state index in [2.05, 4.69) is 50.5 Å². The molecule has 1 saturated heterocycles. The van der Waals surface area contributed by atoms with Crippen molar-refractivity contribution in [3.05, 3.63) is 35.3 Å². The van der Waals surface area contributed by atoms with Crippen molar-refractivity contribution in [3.8, 4) is 0 Å². The summed E-state index contributed by atoms with van der Waals surface area (Å²) in [6, 6.07) is 2.36. The maximum atomic E-state index is 12.6. The summed E-state index contributed by atoms with van der Waals surface area (Å²) in [7, 11) is 0. The Hall–Kier alpha value is -4.16. The molecule has 1 atom stereocenters. The monoisotopic (exact) mass is 566 g/mol. The second kappa shape index (κ2) is 12.6. The van der Waals surface area contributed by atoms with Crippen molar-refractivity contribution in [3.63, 3.8) is 0 Å². The molecule has 0 aliphatic carbocycles. The van der Waals surface area contributed by atoms with E-state index in [0.29, 0.717) is 50.0 Å². The first-order chi connectivity index (χ1) is 19.4. The van der Waals surface area contributed by atoms with E-state index < -0.39 is 11.7 Å². The van der Waals surface area contributed by atoms with E-state index in [1.54, 1.807) is 36.4 Å². The van der Waals surface area contributed by atoms with E-state index in [1.165, 1.54) is 0 Å². The third-order valence-corrected chi connectivity index (χ3v) is 6.76. The Labute approximate surface area is 240 Å². The number of alkyl carbamates (subject to hydrolysis) is 1. The molecule has 0 unspecified atom stereocenters. The van der Waals surface area contributed by atoms with E-state index in [0.717, 1.165) is 35.5 Å². The molecule has 13 nitrogen and oxygen atoms in total. The van der Waals surface area contributed by atoms with Crippen molar-refractivity contribution in [2.45, 2.75) is 72.4 Å². The van der Waals surface area contributed by atoms with Crippen LogP contribution in [0.5, 0.6) is 0 Å². The number of aryl methyl sites for hydroxylation is 1. The standard InChI is InChI=1S/C28H42N10O3/c1-7-8-19(3)33-26-34-23(29)25-31-16-21(38(25)35-26)14-20-13-18(2)24(30-15-20)37-11-9-36(10-12-37)22(39)17-32-27(40)41-28(4,5)6/h13,15-16,19H,7-12,14,17H2,1-6H3,(H,32,40)(H3,29,33,34,35)/t19-/m0/s1. The van der Waals surface area contributed by atoms with Gasteiger partial charge in [-0.1, -0.05) is 19.4 Å². The first-order valence-corrected chi connectivity index (χ1v) is 14.1. The molecule has 1 aliphatic heterocycles. The highest BCUT2D eigenvalue weighted by Crippen LogP contribution is 2.22. The topological polar surface area (TPSA) is 156 Å². The molecule has 4 heterocycles. The molecule has 0 bridgehead atoms. The smallest absolute Gasteiger partial charge is 0.408 e. The van der Waals surface area contributed by atoms with Crippen LogP contribution in [0.2, 0.25) is 0 Å². The third kappa shape index (κ3) is 7.74. The highest BCUT2D eigenvalue weighted by atomic mass is 16.6. The van der Waals surface area contributed by atoms with Crippen LogP contribution in [0, 0.1) is 6.92 Å². The van der Waals surface area contributed by atoms with Crippen molar-refractivity contribution >= 4 is 35.2 Å². The number of amides is 2. The lowest BCUT2D eigenvalue weighted by Gasteiger charge is -2.36. The number of aromatic nitrogens is 5. The van der Waals surface area contributed by atoms with E-state index in [-0.39, 0.29) is 18.5 Å². The molecule has 222 valence electrons. The number of nitrogens with one attached hydrogen (secondary N) is 2. The number of carbonyl (C=O) groups excluding carboxylic acids is 2. The number of pyridine rings is 1. The Balaban J connectivity index is 1.36. The second-order valence-corrected chi connectivity index (χ2v) is 11.5. The van der Waals surface area contributed by atoms with Crippen LogP contribution in [0.3, 0.4) is 0 Å². The van der Waals surface area contributed by atoms with Gasteiger partial charge in [0.15, 0.2) is 11.5 Å². The van der Waals surface area contributed by atoms with Crippen LogP contribution in [-0.2, 0) is 16.0 Å². The van der Waals surface area contributed by atoms with Gasteiger partial charge in [0.1, 0.15) is 18.0 Å². The number of rotatable bonds is 9. The molecule has 0 aromatic carbocycles. The molecule has 0 spiro atoms. The van der Waals surface area contributed by atoms with Crippen molar-refractivity contribution in [1.29, 1.82) is 0 Å². The van der Waals surface area contributed by atoms with Crippen LogP contribution in [-0.4, -0.2) is 85.8 Å². The fourth-order valence-electron chi connectivity index (χ4n) is 4.86. The summed E-state index contributed by atoms with van der Waals surface area (Å²) >= 11 is 0. The Kier molecular flexibility index (Phi) is 9.14. The van der Waals surface area contributed by atoms with Gasteiger partial charge in [0.25, 0.3) is 0 Å². The minimum atomic E-state index is -0.609. The molecular formula is C28H42N10O3. The number of hydrogen-bond donors (Lipinski definition) is 3. The highest BCUT2D eigenvalue weighted by Gasteiger charge is 2.24. The Bertz CT molecular complexity index is 1380. The summed E-state index contributed by atoms with van der Waals surface area (Å²) in [5, 5.41) is 10.5. The molecule has 3 aromatic rings. The van der Waals surface area contributed by atoms with Crippen molar-refractivity contribution in [1.82, 2.24) is 34.8 Å². The lowest BCUT2D eigenvalue weighted by atomic mass is 10.1. The fraction of sp³-hybridized carbons (Fsp3) is 0.571. The molecule has 13 heteroatoms. The van der Waals surface area contributed by atoms with E-state index in [4.69, 9.17) is 15.5 Å². The summed E-state index contributed by atoms with van der Waals surface area (Å²) in [5.74, 6) is 1.58. The van der Waals surface area contributed by atoms with Crippen LogP contribution >= 0.6 is 0 Å². The van der Waals surface area contributed by atoms with Gasteiger partial charge in [-0.2, -0.15) is 4.98 Å². The largest absolute Gasteiger partial charge is 0.444 e. The minimum absolute atomic E-state index is 0.0872. The maximum Gasteiger partial charge on any atom is 0.408 e. The first-order valence-electron chi connectivity index (χ1n) is 14.1. The average molecular weight is 567 g/mol. The number of nitrogens with zero attached hydrogens (tertiary/aromatic N) is 7. The van der Waals surface area contributed by atoms with Gasteiger partial charge >= 0.3 is 6.09 Å². The second-order valence-electron chi connectivity index (χ2n) is 11.5. The van der Waals surface area contributed by atoms with Crippen molar-refractivity contribution in [2.75, 3.05) is 48.7 Å². The van der Waals surface area contributed by atoms with E-state index in [1.807, 2.05) is 13.1 Å². The van der Waals surface area contributed by atoms with Gasteiger partial charge in [0.05, 0.1) is 11.9 Å². The summed E-state index contributed by atoms with van der Waals surface area (Å²) in [5.41, 5.74) is 9.07. The lowest BCUT2D eigenvalue weighted by molar-refractivity contribution is -0.130. The number of nitrogen functional groups attached to an aromatic ring is 1. The number of nitrogens with two attached hydrogens (primary N) is 1. The zero-order chi connectivity index (χ0) is 29.7. The molecule has 3 aromatic heterocycles. The van der Waals surface area contributed by atoms with Gasteiger partial charge in [0.2, 0.25) is 11.9 Å². The van der Waals surface area contributed by atoms with Crippen molar-refractivity contribution < 1.29 is 14.3 Å². The number of ether oxygens (including phenoxy) is 1. The van der Waals surface area contributed by atoms with Gasteiger partial charge in [-0.15, -0.1) is 5.10 Å². The molecule has 1 aliphatic rings. The van der Waals surface area contributed by atoms with Gasteiger partial charge < -0.3 is 30.9 Å². The number of anilines is 3. The number of hydrogen-bond acceptors (Lipinski definition) is 10. The van der Waals surface area contributed by atoms with E-state index >= 15 is 0 Å². The molecule has 1 fully saturated rings. The maximum absolute atomic E-state index is 12.6. The molecule has 0 saturated carbocycles. The van der Waals surface area contributed by atoms with Crippen molar-refractivity contribution in [2.24, 2.45) is 0 Å². The Morgan fingerprint density at radius 2 is 1.88 bits per heavy atom. The molecule has 0 radical (unpaired) electrons. The first kappa shape index (κ1) is 29.8. The number of fused-ring (bicyclic) bond motifs is 1. The number of carbonyl (C=O) groups is 2. The predicted molar refractivity (Wildman–Crippen MR) is 158 cm³/mol. The Morgan fingerprint density at radius 3 is 2.54 bits per heavy atom. The molecule has 2 amide bonds. The summed E-state index contributed by atoms with van der Waals surface area (Å²) < 4.78 is 6.95.